The highest BCUT2D eigenvalue weighted by atomic mass is 35.5. The molecule has 0 unspecified atom stereocenters. The Hall–Kier alpha value is -0.610. The number of hydrogen-bond acceptors (Lipinski definition) is 2. The summed E-state index contributed by atoms with van der Waals surface area (Å²) in [7, 11) is 1.23. The third kappa shape index (κ3) is 2.19. The molecule has 1 rings (SSSR count). The van der Waals surface area contributed by atoms with Gasteiger partial charge in [-0.3, -0.25) is 0 Å². The van der Waals surface area contributed by atoms with Crippen LogP contribution in [0.1, 0.15) is 12.0 Å². The molecule has 0 aliphatic carbocycles. The molecule has 0 aromatic carbocycles. The first-order valence-electron chi connectivity index (χ1n) is 3.24. The molecule has 0 radical (unpaired) electrons. The van der Waals surface area contributed by atoms with Gasteiger partial charge in [-0.2, -0.15) is 4.98 Å². The second-order valence-corrected chi connectivity index (χ2v) is 2.93. The lowest BCUT2D eigenvalue weighted by atomic mass is 10.3. The maximum Gasteiger partial charge on any atom is 0.269 e. The zero-order chi connectivity index (χ0) is 10.0. The van der Waals surface area contributed by atoms with Crippen LogP contribution in [0.25, 0.3) is 0 Å². The molecule has 0 N–H and O–H groups in total. The molecular formula is C7H5Cl2F2NO. The zero-order valence-corrected chi connectivity index (χ0v) is 8.03. The highest BCUT2D eigenvalue weighted by Crippen LogP contribution is 2.32. The number of halogens is 4. The van der Waals surface area contributed by atoms with Gasteiger partial charge in [0.2, 0.25) is 5.88 Å². The fraction of sp³-hybridized carbons (Fsp3) is 0.286. The summed E-state index contributed by atoms with van der Waals surface area (Å²) in [4.78, 5) is 3.54. The summed E-state index contributed by atoms with van der Waals surface area (Å²) in [5.74, 6) is -0.204. The highest BCUT2D eigenvalue weighted by Gasteiger charge is 2.17. The lowest BCUT2D eigenvalue weighted by Crippen LogP contribution is -1.96. The van der Waals surface area contributed by atoms with Gasteiger partial charge in [0.05, 0.1) is 17.7 Å². The van der Waals surface area contributed by atoms with Crippen LogP contribution in [0, 0.1) is 0 Å². The third-order valence-electron chi connectivity index (χ3n) is 1.35. The second-order valence-electron chi connectivity index (χ2n) is 2.16. The third-order valence-corrected chi connectivity index (χ3v) is 2.03. The first kappa shape index (κ1) is 10.5. The molecule has 13 heavy (non-hydrogen) atoms. The van der Waals surface area contributed by atoms with E-state index in [1.165, 1.54) is 7.11 Å². The van der Waals surface area contributed by atoms with Crippen molar-refractivity contribution in [2.75, 3.05) is 7.11 Å². The van der Waals surface area contributed by atoms with Crippen molar-refractivity contribution in [3.05, 3.63) is 21.8 Å². The van der Waals surface area contributed by atoms with Gasteiger partial charge >= 0.3 is 0 Å². The van der Waals surface area contributed by atoms with Crippen LogP contribution in [0.3, 0.4) is 0 Å². The molecule has 1 aromatic rings. The molecule has 1 aromatic heterocycles. The van der Waals surface area contributed by atoms with Crippen molar-refractivity contribution in [2.45, 2.75) is 6.43 Å². The van der Waals surface area contributed by atoms with Crippen molar-refractivity contribution in [3.63, 3.8) is 0 Å². The van der Waals surface area contributed by atoms with Crippen molar-refractivity contribution < 1.29 is 13.5 Å². The van der Waals surface area contributed by atoms with Gasteiger partial charge in [0.15, 0.2) is 5.15 Å². The van der Waals surface area contributed by atoms with Crippen LogP contribution in [-0.4, -0.2) is 12.1 Å². The standard InChI is InChI=1S/C7H5Cl2F2NO/c1-13-7-3(6(10)11)2-4(8)5(9)12-7/h2,6H,1H3. The average Bonchev–Trinajstić information content (AvgIpc) is 2.08. The highest BCUT2D eigenvalue weighted by molar-refractivity contribution is 6.41. The molecule has 0 fully saturated rings. The van der Waals surface area contributed by atoms with Crippen molar-refractivity contribution in [1.82, 2.24) is 4.98 Å². The summed E-state index contributed by atoms with van der Waals surface area (Å²) in [6.45, 7) is 0. The van der Waals surface area contributed by atoms with Crippen LogP contribution in [0.5, 0.6) is 5.88 Å². The summed E-state index contributed by atoms with van der Waals surface area (Å²) in [6.07, 6.45) is -2.68. The molecular weight excluding hydrogens is 223 g/mol. The van der Waals surface area contributed by atoms with Crippen LogP contribution >= 0.6 is 23.2 Å². The topological polar surface area (TPSA) is 22.1 Å². The molecule has 2 nitrogen and oxygen atoms in total. The Bertz CT molecular complexity index is 320. The Labute approximate surface area is 83.4 Å². The van der Waals surface area contributed by atoms with Crippen LogP contribution in [0.2, 0.25) is 10.2 Å². The van der Waals surface area contributed by atoms with E-state index in [-0.39, 0.29) is 21.6 Å². The van der Waals surface area contributed by atoms with E-state index in [2.05, 4.69) is 9.72 Å². The molecule has 0 aliphatic rings. The molecule has 0 spiro atoms. The smallest absolute Gasteiger partial charge is 0.269 e. The quantitative estimate of drug-likeness (QED) is 0.724. The van der Waals surface area contributed by atoms with Gasteiger partial charge < -0.3 is 4.74 Å². The predicted molar refractivity (Wildman–Crippen MR) is 45.8 cm³/mol. The van der Waals surface area contributed by atoms with E-state index < -0.39 is 6.43 Å². The molecule has 0 atom stereocenters. The molecule has 72 valence electrons. The van der Waals surface area contributed by atoms with E-state index in [4.69, 9.17) is 23.2 Å². The van der Waals surface area contributed by atoms with E-state index in [1.54, 1.807) is 0 Å². The van der Waals surface area contributed by atoms with Crippen LogP contribution in [-0.2, 0) is 0 Å². The zero-order valence-electron chi connectivity index (χ0n) is 6.52. The fourth-order valence-corrected chi connectivity index (χ4v) is 1.08. The molecule has 0 saturated carbocycles. The molecule has 6 heteroatoms. The Morgan fingerprint density at radius 2 is 2.08 bits per heavy atom. The van der Waals surface area contributed by atoms with E-state index in [0.29, 0.717) is 0 Å². The Morgan fingerprint density at radius 1 is 1.46 bits per heavy atom. The van der Waals surface area contributed by atoms with E-state index in [0.717, 1.165) is 6.07 Å². The average molecular weight is 228 g/mol. The molecule has 0 aliphatic heterocycles. The largest absolute Gasteiger partial charge is 0.481 e. The normalized spacial score (nSPS) is 10.6. The molecule has 0 amide bonds. The molecule has 0 saturated heterocycles. The minimum atomic E-state index is -2.68. The number of hydrogen-bond donors (Lipinski definition) is 0. The number of pyridine rings is 1. The maximum atomic E-state index is 12.3. The van der Waals surface area contributed by atoms with Crippen molar-refractivity contribution in [2.24, 2.45) is 0 Å². The SMILES string of the molecule is COc1nc(Cl)c(Cl)cc1C(F)F. The van der Waals surface area contributed by atoms with Gasteiger partial charge in [0, 0.05) is 0 Å². The Kier molecular flexibility index (Phi) is 3.27. The minimum Gasteiger partial charge on any atom is -0.481 e. The number of alkyl halides is 2. The van der Waals surface area contributed by atoms with Gasteiger partial charge in [-0.1, -0.05) is 23.2 Å². The van der Waals surface area contributed by atoms with Crippen molar-refractivity contribution in [3.8, 4) is 5.88 Å². The number of aromatic nitrogens is 1. The summed E-state index contributed by atoms with van der Waals surface area (Å²) in [5, 5.41) is -0.0688. The van der Waals surface area contributed by atoms with Gasteiger partial charge in [-0.25, -0.2) is 8.78 Å². The minimum absolute atomic E-state index is 0.0160. The van der Waals surface area contributed by atoms with Gasteiger partial charge in [-0.05, 0) is 6.07 Å². The fourth-order valence-electron chi connectivity index (χ4n) is 0.785. The molecule has 0 bridgehead atoms. The lowest BCUT2D eigenvalue weighted by molar-refractivity contribution is 0.146. The summed E-state index contributed by atoms with van der Waals surface area (Å²) < 4.78 is 29.2. The number of methoxy groups -OCH3 is 1. The summed E-state index contributed by atoms with van der Waals surface area (Å²) >= 11 is 11.0. The summed E-state index contributed by atoms with van der Waals surface area (Å²) in [6, 6.07) is 1.04. The second kappa shape index (κ2) is 4.07. The van der Waals surface area contributed by atoms with E-state index >= 15 is 0 Å². The Balaban J connectivity index is 3.25. The van der Waals surface area contributed by atoms with Crippen molar-refractivity contribution in [1.29, 1.82) is 0 Å². The molecule has 1 heterocycles. The van der Waals surface area contributed by atoms with Gasteiger partial charge in [0.1, 0.15) is 0 Å². The van der Waals surface area contributed by atoms with Crippen molar-refractivity contribution >= 4 is 23.2 Å². The number of rotatable bonds is 2. The van der Waals surface area contributed by atoms with Gasteiger partial charge in [-0.15, -0.1) is 0 Å². The number of ether oxygens (including phenoxy) is 1. The van der Waals surface area contributed by atoms with Crippen LogP contribution < -0.4 is 4.74 Å². The van der Waals surface area contributed by atoms with E-state index in [9.17, 15) is 8.78 Å². The first-order chi connectivity index (χ1) is 6.06. The first-order valence-corrected chi connectivity index (χ1v) is 4.00. The van der Waals surface area contributed by atoms with Crippen LogP contribution in [0.4, 0.5) is 8.78 Å². The summed E-state index contributed by atoms with van der Waals surface area (Å²) in [5.41, 5.74) is -0.364. The number of nitrogens with zero attached hydrogens (tertiary/aromatic N) is 1. The van der Waals surface area contributed by atoms with Crippen LogP contribution in [0.15, 0.2) is 6.07 Å². The maximum absolute atomic E-state index is 12.3. The predicted octanol–water partition coefficient (Wildman–Crippen LogP) is 3.33. The van der Waals surface area contributed by atoms with Gasteiger partial charge in [0.25, 0.3) is 6.43 Å². The monoisotopic (exact) mass is 227 g/mol. The van der Waals surface area contributed by atoms with E-state index in [1.807, 2.05) is 0 Å². The Morgan fingerprint density at radius 3 is 2.54 bits per heavy atom. The lowest BCUT2D eigenvalue weighted by Gasteiger charge is -2.07.